The molecule has 0 unspecified atom stereocenters. The molecule has 0 aliphatic carbocycles. The second-order valence-corrected chi connectivity index (χ2v) is 11.3. The average molecular weight is 467 g/mol. The van der Waals surface area contributed by atoms with E-state index in [0.717, 1.165) is 19.3 Å². The first-order chi connectivity index (χ1) is 16.2. The molecule has 0 saturated heterocycles. The summed E-state index contributed by atoms with van der Waals surface area (Å²) >= 11 is 0. The lowest BCUT2D eigenvalue weighted by Gasteiger charge is -2.28. The van der Waals surface area contributed by atoms with Crippen molar-refractivity contribution in [3.63, 3.8) is 0 Å². The van der Waals surface area contributed by atoms with Gasteiger partial charge in [0.05, 0.1) is 5.60 Å². The van der Waals surface area contributed by atoms with E-state index < -0.39 is 0 Å². The Morgan fingerprint density at radius 3 is 0.788 bits per heavy atom. The van der Waals surface area contributed by atoms with Crippen LogP contribution in [0.4, 0.5) is 0 Å². The number of rotatable bonds is 28. The average Bonchev–Trinajstić information content (AvgIpc) is 2.82. The zero-order chi connectivity index (χ0) is 24.3. The molecule has 33 heavy (non-hydrogen) atoms. The molecule has 0 aliphatic rings. The third-order valence-corrected chi connectivity index (χ3v) is 7.74. The molecule has 0 aliphatic heterocycles. The minimum atomic E-state index is -0.361. The summed E-state index contributed by atoms with van der Waals surface area (Å²) in [5.41, 5.74) is -0.361. The number of unbranched alkanes of at least 4 members (excludes halogenated alkanes) is 22. The van der Waals surface area contributed by atoms with E-state index in [2.05, 4.69) is 20.8 Å². The van der Waals surface area contributed by atoms with E-state index in [0.29, 0.717) is 0 Å². The van der Waals surface area contributed by atoms with E-state index in [-0.39, 0.29) is 5.60 Å². The lowest BCUT2D eigenvalue weighted by Crippen LogP contribution is -2.28. The highest BCUT2D eigenvalue weighted by atomic mass is 16.3. The molecule has 0 aromatic carbocycles. The van der Waals surface area contributed by atoms with Crippen LogP contribution in [0.5, 0.6) is 0 Å². The van der Waals surface area contributed by atoms with Gasteiger partial charge in [-0.15, -0.1) is 0 Å². The van der Waals surface area contributed by atoms with Crippen molar-refractivity contribution >= 4 is 0 Å². The monoisotopic (exact) mass is 467 g/mol. The molecule has 0 spiro atoms. The van der Waals surface area contributed by atoms with Crippen LogP contribution in [0, 0.1) is 0 Å². The Bertz CT molecular complexity index is 342. The molecule has 0 radical (unpaired) electrons. The fraction of sp³-hybridized carbons (Fsp3) is 1.00. The maximum absolute atomic E-state index is 10.9. The smallest absolute Gasteiger partial charge is 0.0647 e. The SMILES string of the molecule is CCCCCCCCCCCCCCCCCCCCCCCC(O)(CCCC)CCCC. The molecule has 1 N–H and O–H groups in total. The van der Waals surface area contributed by atoms with Gasteiger partial charge in [0.2, 0.25) is 0 Å². The minimum absolute atomic E-state index is 0.361. The Hall–Kier alpha value is -0.0400. The second-order valence-electron chi connectivity index (χ2n) is 11.3. The summed E-state index contributed by atoms with van der Waals surface area (Å²) in [6.07, 6.45) is 37.9. The molecule has 0 atom stereocenters. The van der Waals surface area contributed by atoms with E-state index in [1.54, 1.807) is 0 Å². The summed E-state index contributed by atoms with van der Waals surface area (Å²) in [5.74, 6) is 0. The summed E-state index contributed by atoms with van der Waals surface area (Å²) in [6, 6.07) is 0. The van der Waals surface area contributed by atoms with Crippen molar-refractivity contribution in [2.24, 2.45) is 0 Å². The highest BCUT2D eigenvalue weighted by molar-refractivity contribution is 4.78. The van der Waals surface area contributed by atoms with E-state index >= 15 is 0 Å². The van der Waals surface area contributed by atoms with Crippen LogP contribution in [0.15, 0.2) is 0 Å². The van der Waals surface area contributed by atoms with Crippen molar-refractivity contribution in [3.8, 4) is 0 Å². The minimum Gasteiger partial charge on any atom is -0.390 e. The van der Waals surface area contributed by atoms with Crippen molar-refractivity contribution in [2.45, 2.75) is 206 Å². The normalized spacial score (nSPS) is 12.0. The highest BCUT2D eigenvalue weighted by Crippen LogP contribution is 2.28. The van der Waals surface area contributed by atoms with Crippen LogP contribution in [0.1, 0.15) is 201 Å². The first-order valence-corrected chi connectivity index (χ1v) is 15.9. The molecule has 1 nitrogen and oxygen atoms in total. The lowest BCUT2D eigenvalue weighted by molar-refractivity contribution is 0.00788. The first-order valence-electron chi connectivity index (χ1n) is 15.9. The summed E-state index contributed by atoms with van der Waals surface area (Å²) in [7, 11) is 0. The maximum Gasteiger partial charge on any atom is 0.0647 e. The van der Waals surface area contributed by atoms with Gasteiger partial charge < -0.3 is 5.11 Å². The molecule has 0 fully saturated rings. The van der Waals surface area contributed by atoms with E-state index in [4.69, 9.17) is 0 Å². The Kier molecular flexibility index (Phi) is 26.5. The Morgan fingerprint density at radius 2 is 0.515 bits per heavy atom. The quantitative estimate of drug-likeness (QED) is 0.114. The van der Waals surface area contributed by atoms with Gasteiger partial charge >= 0.3 is 0 Å². The zero-order valence-electron chi connectivity index (χ0n) is 23.7. The van der Waals surface area contributed by atoms with Crippen molar-refractivity contribution in [1.82, 2.24) is 0 Å². The van der Waals surface area contributed by atoms with Gasteiger partial charge in [-0.25, -0.2) is 0 Å². The Labute approximate surface area is 211 Å². The van der Waals surface area contributed by atoms with E-state index in [9.17, 15) is 5.11 Å². The van der Waals surface area contributed by atoms with Crippen molar-refractivity contribution in [1.29, 1.82) is 0 Å². The number of hydrogen-bond donors (Lipinski definition) is 1. The van der Waals surface area contributed by atoms with E-state index in [1.807, 2.05) is 0 Å². The van der Waals surface area contributed by atoms with Crippen molar-refractivity contribution in [2.75, 3.05) is 0 Å². The van der Waals surface area contributed by atoms with Crippen molar-refractivity contribution in [3.05, 3.63) is 0 Å². The van der Waals surface area contributed by atoms with Crippen LogP contribution in [-0.4, -0.2) is 10.7 Å². The first kappa shape index (κ1) is 33.0. The summed E-state index contributed by atoms with van der Waals surface area (Å²) in [5, 5.41) is 10.9. The van der Waals surface area contributed by atoms with Gasteiger partial charge in [0.25, 0.3) is 0 Å². The number of hydrogen-bond acceptors (Lipinski definition) is 1. The van der Waals surface area contributed by atoms with E-state index in [1.165, 1.54) is 161 Å². The number of aliphatic hydroxyl groups is 1. The third-order valence-electron chi connectivity index (χ3n) is 7.74. The van der Waals surface area contributed by atoms with Crippen LogP contribution in [-0.2, 0) is 0 Å². The van der Waals surface area contributed by atoms with Gasteiger partial charge in [0.15, 0.2) is 0 Å². The molecule has 1 heteroatoms. The maximum atomic E-state index is 10.9. The summed E-state index contributed by atoms with van der Waals surface area (Å²) < 4.78 is 0. The zero-order valence-corrected chi connectivity index (χ0v) is 23.7. The van der Waals surface area contributed by atoms with Crippen LogP contribution in [0.2, 0.25) is 0 Å². The molecular weight excluding hydrogens is 400 g/mol. The largest absolute Gasteiger partial charge is 0.390 e. The molecule has 200 valence electrons. The van der Waals surface area contributed by atoms with Gasteiger partial charge in [-0.3, -0.25) is 0 Å². The molecular formula is C32H66O. The fourth-order valence-corrected chi connectivity index (χ4v) is 5.27. The lowest BCUT2D eigenvalue weighted by atomic mass is 9.86. The van der Waals surface area contributed by atoms with Crippen LogP contribution in [0.3, 0.4) is 0 Å². The molecule has 0 aromatic rings. The van der Waals surface area contributed by atoms with Gasteiger partial charge in [-0.05, 0) is 19.3 Å². The second kappa shape index (κ2) is 26.6. The molecule has 0 bridgehead atoms. The summed E-state index contributed by atoms with van der Waals surface area (Å²) in [6.45, 7) is 6.77. The molecule has 0 rings (SSSR count). The van der Waals surface area contributed by atoms with Crippen LogP contribution in [0.25, 0.3) is 0 Å². The van der Waals surface area contributed by atoms with Crippen molar-refractivity contribution < 1.29 is 5.11 Å². The van der Waals surface area contributed by atoms with Gasteiger partial charge in [-0.2, -0.15) is 0 Å². The highest BCUT2D eigenvalue weighted by Gasteiger charge is 2.24. The predicted octanol–water partition coefficient (Wildman–Crippen LogP) is 11.7. The fourth-order valence-electron chi connectivity index (χ4n) is 5.27. The van der Waals surface area contributed by atoms with Gasteiger partial charge in [0.1, 0.15) is 0 Å². The van der Waals surface area contributed by atoms with Gasteiger partial charge in [0, 0.05) is 0 Å². The molecule has 0 amide bonds. The molecule has 0 heterocycles. The standard InChI is InChI=1S/C32H66O/c1-4-7-10-11-12-13-14-15-16-17-18-19-20-21-22-23-24-25-26-27-28-31-32(33,29-8-5-2)30-9-6-3/h33H,4-31H2,1-3H3. The topological polar surface area (TPSA) is 20.2 Å². The van der Waals surface area contributed by atoms with Gasteiger partial charge in [-0.1, -0.05) is 181 Å². The molecule has 0 saturated carbocycles. The third kappa shape index (κ3) is 24.9. The Balaban J connectivity index is 3.30. The van der Waals surface area contributed by atoms with Crippen LogP contribution < -0.4 is 0 Å². The molecule has 0 aromatic heterocycles. The Morgan fingerprint density at radius 1 is 0.303 bits per heavy atom. The predicted molar refractivity (Wildman–Crippen MR) is 151 cm³/mol. The summed E-state index contributed by atoms with van der Waals surface area (Å²) in [4.78, 5) is 0. The van der Waals surface area contributed by atoms with Crippen LogP contribution >= 0.6 is 0 Å².